The van der Waals surface area contributed by atoms with Crippen LogP contribution in [0.5, 0.6) is 0 Å². The summed E-state index contributed by atoms with van der Waals surface area (Å²) in [4.78, 5) is 12.1. The molecule has 17 heavy (non-hydrogen) atoms. The fourth-order valence-electron chi connectivity index (χ4n) is 2.61. The van der Waals surface area contributed by atoms with Gasteiger partial charge in [-0.3, -0.25) is 4.79 Å². The quantitative estimate of drug-likeness (QED) is 0.788. The third-order valence-electron chi connectivity index (χ3n) is 3.64. The summed E-state index contributed by atoms with van der Waals surface area (Å²) in [5.74, 6) is 1.11. The lowest BCUT2D eigenvalue weighted by Crippen LogP contribution is -2.19. The Morgan fingerprint density at radius 3 is 2.65 bits per heavy atom. The second-order valence-corrected chi connectivity index (χ2v) is 5.72. The normalized spacial score (nSPS) is 23.9. The van der Waals surface area contributed by atoms with Gasteiger partial charge in [-0.05, 0) is 36.5 Å². The van der Waals surface area contributed by atoms with E-state index in [1.165, 1.54) is 12.8 Å². The number of hydrogen-bond acceptors (Lipinski definition) is 1. The molecule has 3 heteroatoms. The highest BCUT2D eigenvalue weighted by Gasteiger charge is 2.29. The molecule has 1 aromatic rings. The van der Waals surface area contributed by atoms with Gasteiger partial charge >= 0.3 is 0 Å². The summed E-state index contributed by atoms with van der Waals surface area (Å²) in [6.07, 6.45) is 3.88. The first-order valence-electron chi connectivity index (χ1n) is 6.04. The van der Waals surface area contributed by atoms with Crippen molar-refractivity contribution >= 4 is 29.0 Å². The van der Waals surface area contributed by atoms with Crippen LogP contribution in [0, 0.1) is 11.8 Å². The molecule has 0 aromatic heterocycles. The van der Waals surface area contributed by atoms with Crippen LogP contribution in [0.15, 0.2) is 18.2 Å². The molecule has 1 aliphatic rings. The fraction of sp³-hybridized carbons (Fsp3) is 0.500. The molecule has 0 heterocycles. The lowest BCUT2D eigenvalue weighted by molar-refractivity contribution is -0.123. The van der Waals surface area contributed by atoms with E-state index in [-0.39, 0.29) is 5.92 Å². The maximum atomic E-state index is 12.1. The van der Waals surface area contributed by atoms with Gasteiger partial charge in [-0.1, -0.05) is 42.6 Å². The predicted molar refractivity (Wildman–Crippen MR) is 71.7 cm³/mol. The molecule has 0 saturated heterocycles. The molecule has 1 saturated carbocycles. The van der Waals surface area contributed by atoms with Crippen LogP contribution in [0.1, 0.15) is 31.7 Å². The van der Waals surface area contributed by atoms with Gasteiger partial charge in [-0.2, -0.15) is 0 Å². The van der Waals surface area contributed by atoms with Crippen molar-refractivity contribution in [2.75, 3.05) is 0 Å². The number of hydrogen-bond donors (Lipinski definition) is 0. The average Bonchev–Trinajstić information content (AvgIpc) is 2.70. The van der Waals surface area contributed by atoms with Gasteiger partial charge in [0.05, 0.1) is 10.0 Å². The van der Waals surface area contributed by atoms with E-state index in [1.54, 1.807) is 12.1 Å². The van der Waals surface area contributed by atoms with Crippen LogP contribution in [0.25, 0.3) is 0 Å². The molecular formula is C14H16Cl2O. The molecule has 1 nitrogen and oxygen atoms in total. The minimum atomic E-state index is 0.240. The number of ketones is 1. The number of benzene rings is 1. The third kappa shape index (κ3) is 3.02. The van der Waals surface area contributed by atoms with Gasteiger partial charge in [0.25, 0.3) is 0 Å². The molecule has 0 aliphatic heterocycles. The second-order valence-electron chi connectivity index (χ2n) is 4.91. The highest BCUT2D eigenvalue weighted by molar-refractivity contribution is 6.42. The lowest BCUT2D eigenvalue weighted by atomic mass is 9.90. The SMILES string of the molecule is CC1CCCC1C(=O)Cc1ccc(Cl)c(Cl)c1. The number of halogens is 2. The minimum absolute atomic E-state index is 0.240. The van der Waals surface area contributed by atoms with Crippen molar-refractivity contribution in [3.05, 3.63) is 33.8 Å². The van der Waals surface area contributed by atoms with Crippen molar-refractivity contribution in [3.8, 4) is 0 Å². The Kier molecular flexibility index (Phi) is 4.11. The van der Waals surface area contributed by atoms with Crippen LogP contribution in [-0.2, 0) is 11.2 Å². The van der Waals surface area contributed by atoms with E-state index in [0.29, 0.717) is 28.2 Å². The van der Waals surface area contributed by atoms with Crippen LogP contribution < -0.4 is 0 Å². The summed E-state index contributed by atoms with van der Waals surface area (Å²) in [5, 5.41) is 1.06. The molecule has 1 aromatic carbocycles. The summed E-state index contributed by atoms with van der Waals surface area (Å²) < 4.78 is 0. The Hall–Kier alpha value is -0.530. The Morgan fingerprint density at radius 1 is 1.29 bits per heavy atom. The number of carbonyl (C=O) groups is 1. The van der Waals surface area contributed by atoms with Crippen molar-refractivity contribution in [1.29, 1.82) is 0 Å². The number of rotatable bonds is 3. The largest absolute Gasteiger partial charge is 0.299 e. The van der Waals surface area contributed by atoms with E-state index in [2.05, 4.69) is 6.92 Å². The molecule has 1 fully saturated rings. The fourth-order valence-corrected chi connectivity index (χ4v) is 2.93. The molecule has 0 N–H and O–H groups in total. The van der Waals surface area contributed by atoms with Crippen molar-refractivity contribution in [3.63, 3.8) is 0 Å². The van der Waals surface area contributed by atoms with Crippen LogP contribution in [0.3, 0.4) is 0 Å². The maximum Gasteiger partial charge on any atom is 0.140 e. The van der Waals surface area contributed by atoms with E-state index in [4.69, 9.17) is 23.2 Å². The van der Waals surface area contributed by atoms with Gasteiger partial charge in [0.2, 0.25) is 0 Å². The maximum absolute atomic E-state index is 12.1. The van der Waals surface area contributed by atoms with Crippen LogP contribution in [0.4, 0.5) is 0 Å². The van der Waals surface area contributed by atoms with Crippen molar-refractivity contribution in [2.45, 2.75) is 32.6 Å². The predicted octanol–water partition coefficient (Wildman–Crippen LogP) is 4.54. The summed E-state index contributed by atoms with van der Waals surface area (Å²) in [6.45, 7) is 2.17. The Labute approximate surface area is 112 Å². The Morgan fingerprint density at radius 2 is 2.06 bits per heavy atom. The first kappa shape index (κ1) is 12.9. The molecule has 2 unspecified atom stereocenters. The third-order valence-corrected chi connectivity index (χ3v) is 4.38. The summed E-state index contributed by atoms with van der Waals surface area (Å²) in [7, 11) is 0. The van der Waals surface area contributed by atoms with Gasteiger partial charge < -0.3 is 0 Å². The molecule has 1 aliphatic carbocycles. The Bertz CT molecular complexity index is 428. The van der Waals surface area contributed by atoms with E-state index < -0.39 is 0 Å². The van der Waals surface area contributed by atoms with E-state index in [0.717, 1.165) is 12.0 Å². The van der Waals surface area contributed by atoms with E-state index in [1.807, 2.05) is 6.07 Å². The first-order chi connectivity index (χ1) is 8.08. The van der Waals surface area contributed by atoms with Crippen LogP contribution >= 0.6 is 23.2 Å². The summed E-state index contributed by atoms with van der Waals surface area (Å²) in [6, 6.07) is 5.43. The lowest BCUT2D eigenvalue weighted by Gasteiger charge is -2.13. The van der Waals surface area contributed by atoms with Gasteiger partial charge in [0.1, 0.15) is 5.78 Å². The van der Waals surface area contributed by atoms with Crippen LogP contribution in [0.2, 0.25) is 10.0 Å². The number of Topliss-reactive ketones (excluding diaryl/α,β-unsaturated/α-hetero) is 1. The zero-order valence-electron chi connectivity index (χ0n) is 9.88. The molecule has 0 amide bonds. The molecule has 0 spiro atoms. The average molecular weight is 271 g/mol. The minimum Gasteiger partial charge on any atom is -0.299 e. The highest BCUT2D eigenvalue weighted by Crippen LogP contribution is 2.33. The molecular weight excluding hydrogens is 255 g/mol. The monoisotopic (exact) mass is 270 g/mol. The van der Waals surface area contributed by atoms with Crippen molar-refractivity contribution in [1.82, 2.24) is 0 Å². The van der Waals surface area contributed by atoms with Gasteiger partial charge in [0, 0.05) is 12.3 Å². The van der Waals surface area contributed by atoms with Gasteiger partial charge in [-0.15, -0.1) is 0 Å². The molecule has 2 rings (SSSR count). The highest BCUT2D eigenvalue weighted by atomic mass is 35.5. The van der Waals surface area contributed by atoms with E-state index >= 15 is 0 Å². The Balaban J connectivity index is 2.05. The smallest absolute Gasteiger partial charge is 0.140 e. The second kappa shape index (κ2) is 5.41. The van der Waals surface area contributed by atoms with Crippen molar-refractivity contribution < 1.29 is 4.79 Å². The first-order valence-corrected chi connectivity index (χ1v) is 6.80. The topological polar surface area (TPSA) is 17.1 Å². The molecule has 2 atom stereocenters. The zero-order valence-corrected chi connectivity index (χ0v) is 11.4. The standard InChI is InChI=1S/C14H16Cl2O/c1-9-3-2-4-11(9)14(17)8-10-5-6-12(15)13(16)7-10/h5-7,9,11H,2-4,8H2,1H3. The molecule has 0 bridgehead atoms. The van der Waals surface area contributed by atoms with Gasteiger partial charge in [0.15, 0.2) is 0 Å². The number of carbonyl (C=O) groups excluding carboxylic acids is 1. The zero-order chi connectivity index (χ0) is 12.4. The van der Waals surface area contributed by atoms with Crippen molar-refractivity contribution in [2.24, 2.45) is 11.8 Å². The van der Waals surface area contributed by atoms with Gasteiger partial charge in [-0.25, -0.2) is 0 Å². The molecule has 92 valence electrons. The van der Waals surface area contributed by atoms with Crippen LogP contribution in [-0.4, -0.2) is 5.78 Å². The summed E-state index contributed by atoms with van der Waals surface area (Å²) >= 11 is 11.8. The molecule has 0 radical (unpaired) electrons. The summed E-state index contributed by atoms with van der Waals surface area (Å²) in [5.41, 5.74) is 0.962. The van der Waals surface area contributed by atoms with E-state index in [9.17, 15) is 4.79 Å².